The molecule has 1 fully saturated rings. The zero-order valence-corrected chi connectivity index (χ0v) is 11.9. The van der Waals surface area contributed by atoms with Crippen molar-refractivity contribution in [3.63, 3.8) is 0 Å². The van der Waals surface area contributed by atoms with E-state index >= 15 is 0 Å². The van der Waals surface area contributed by atoms with Crippen molar-refractivity contribution in [2.45, 2.75) is 31.1 Å². The maximum Gasteiger partial charge on any atom is 0.248 e. The summed E-state index contributed by atoms with van der Waals surface area (Å²) in [5.41, 5.74) is 5.88. The summed E-state index contributed by atoms with van der Waals surface area (Å²) in [6.45, 7) is 3.58. The minimum atomic E-state index is -0.603. The van der Waals surface area contributed by atoms with Gasteiger partial charge in [-0.1, -0.05) is 6.07 Å². The van der Waals surface area contributed by atoms with E-state index in [2.05, 4.69) is 12.2 Å². The first kappa shape index (κ1) is 14.3. The van der Waals surface area contributed by atoms with Crippen LogP contribution in [0.3, 0.4) is 0 Å². The van der Waals surface area contributed by atoms with Crippen molar-refractivity contribution >= 4 is 17.7 Å². The normalized spacial score (nSPS) is 22.6. The van der Waals surface area contributed by atoms with Crippen LogP contribution in [0.25, 0.3) is 0 Å². The molecule has 19 heavy (non-hydrogen) atoms. The molecule has 1 aromatic rings. The molecule has 0 aromatic heterocycles. The van der Waals surface area contributed by atoms with Crippen LogP contribution < -0.4 is 11.1 Å². The molecule has 0 spiro atoms. The van der Waals surface area contributed by atoms with Gasteiger partial charge in [0.2, 0.25) is 5.91 Å². The first-order valence-electron chi connectivity index (χ1n) is 6.43. The molecular weight excluding hydrogens is 263 g/mol. The van der Waals surface area contributed by atoms with E-state index in [0.717, 1.165) is 6.54 Å². The van der Waals surface area contributed by atoms with E-state index in [0.29, 0.717) is 12.1 Å². The Morgan fingerprint density at radius 3 is 2.95 bits per heavy atom. The zero-order valence-electron chi connectivity index (χ0n) is 11.0. The van der Waals surface area contributed by atoms with Gasteiger partial charge in [-0.15, -0.1) is 0 Å². The predicted molar refractivity (Wildman–Crippen MR) is 76.7 cm³/mol. The number of thioether (sulfide) groups is 1. The first-order valence-corrected chi connectivity index (χ1v) is 7.42. The number of rotatable bonds is 5. The van der Waals surface area contributed by atoms with Gasteiger partial charge >= 0.3 is 0 Å². The molecular formula is C14H19FN2OS. The lowest BCUT2D eigenvalue weighted by atomic mass is 10.1. The summed E-state index contributed by atoms with van der Waals surface area (Å²) >= 11 is 1.97. The molecule has 5 heteroatoms. The lowest BCUT2D eigenvalue weighted by Gasteiger charge is -2.23. The van der Waals surface area contributed by atoms with Crippen molar-refractivity contribution in [3.05, 3.63) is 35.1 Å². The third-order valence-corrected chi connectivity index (χ3v) is 4.99. The number of carbonyl (C=O) groups is 1. The second kappa shape index (κ2) is 5.92. The summed E-state index contributed by atoms with van der Waals surface area (Å²) in [6.07, 6.45) is 2.46. The Kier molecular flexibility index (Phi) is 4.47. The summed E-state index contributed by atoms with van der Waals surface area (Å²) in [5.74, 6) is 0.223. The van der Waals surface area contributed by atoms with Gasteiger partial charge in [-0.25, -0.2) is 4.39 Å². The molecule has 3 N–H and O–H groups in total. The molecule has 0 radical (unpaired) electrons. The fraction of sp³-hybridized carbons (Fsp3) is 0.500. The Bertz CT molecular complexity index is 473. The van der Waals surface area contributed by atoms with Crippen LogP contribution in [0.2, 0.25) is 0 Å². The molecule has 1 amide bonds. The van der Waals surface area contributed by atoms with E-state index in [-0.39, 0.29) is 16.1 Å². The quantitative estimate of drug-likeness (QED) is 0.871. The van der Waals surface area contributed by atoms with Gasteiger partial charge in [0.05, 0.1) is 0 Å². The summed E-state index contributed by atoms with van der Waals surface area (Å²) < 4.78 is 14.0. The maximum atomic E-state index is 13.8. The number of hydrogen-bond acceptors (Lipinski definition) is 3. The van der Waals surface area contributed by atoms with Gasteiger partial charge < -0.3 is 11.1 Å². The minimum Gasteiger partial charge on any atom is -0.366 e. The number of carbonyl (C=O) groups excluding carboxylic acids is 1. The summed E-state index contributed by atoms with van der Waals surface area (Å²) in [5, 5.41) is 3.30. The Morgan fingerprint density at radius 1 is 1.58 bits per heavy atom. The lowest BCUT2D eigenvalue weighted by molar-refractivity contribution is 0.1000. The highest BCUT2D eigenvalue weighted by Gasteiger charge is 2.28. The standard InChI is InChI=1S/C14H19FN2OS/c1-14(5-2-6-19-14)9-17-8-11-4-3-10(13(16)18)7-12(11)15/h3-4,7,17H,2,5-6,8-9H2,1H3,(H2,16,18). The van der Waals surface area contributed by atoms with Crippen LogP contribution in [0.1, 0.15) is 35.7 Å². The second-order valence-corrected chi connectivity index (χ2v) is 6.86. The fourth-order valence-corrected chi connectivity index (χ4v) is 3.56. The summed E-state index contributed by atoms with van der Waals surface area (Å²) in [6, 6.07) is 4.38. The van der Waals surface area contributed by atoms with Gasteiger partial charge in [-0.3, -0.25) is 4.79 Å². The molecule has 3 nitrogen and oxygen atoms in total. The van der Waals surface area contributed by atoms with Crippen molar-refractivity contribution < 1.29 is 9.18 Å². The molecule has 1 saturated heterocycles. The van der Waals surface area contributed by atoms with Gasteiger partial charge in [-0.05, 0) is 37.7 Å². The van der Waals surface area contributed by atoms with Gasteiger partial charge in [0.1, 0.15) is 5.82 Å². The molecule has 1 unspecified atom stereocenters. The van der Waals surface area contributed by atoms with Gasteiger partial charge in [0.15, 0.2) is 0 Å². The fourth-order valence-electron chi connectivity index (χ4n) is 2.28. The molecule has 1 heterocycles. The molecule has 1 aliphatic heterocycles. The molecule has 104 valence electrons. The van der Waals surface area contributed by atoms with Crippen molar-refractivity contribution in [3.8, 4) is 0 Å². The van der Waals surface area contributed by atoms with E-state index < -0.39 is 5.91 Å². The van der Waals surface area contributed by atoms with E-state index in [9.17, 15) is 9.18 Å². The van der Waals surface area contributed by atoms with Crippen LogP contribution in [-0.2, 0) is 6.54 Å². The van der Waals surface area contributed by atoms with E-state index in [1.54, 1.807) is 12.1 Å². The van der Waals surface area contributed by atoms with Crippen LogP contribution in [0.5, 0.6) is 0 Å². The van der Waals surface area contributed by atoms with Crippen molar-refractivity contribution in [2.75, 3.05) is 12.3 Å². The number of amides is 1. The van der Waals surface area contributed by atoms with Gasteiger partial charge in [0, 0.05) is 29.0 Å². The average molecular weight is 282 g/mol. The molecule has 0 bridgehead atoms. The Morgan fingerprint density at radius 2 is 2.37 bits per heavy atom. The van der Waals surface area contributed by atoms with Crippen molar-refractivity contribution in [1.82, 2.24) is 5.32 Å². The maximum absolute atomic E-state index is 13.8. The third-order valence-electron chi connectivity index (χ3n) is 3.45. The van der Waals surface area contributed by atoms with Gasteiger partial charge in [0.25, 0.3) is 0 Å². The highest BCUT2D eigenvalue weighted by Crippen LogP contribution is 2.36. The van der Waals surface area contributed by atoms with Crippen LogP contribution in [0.4, 0.5) is 4.39 Å². The number of primary amides is 1. The Hall–Kier alpha value is -1.07. The van der Waals surface area contributed by atoms with Crippen molar-refractivity contribution in [2.24, 2.45) is 5.73 Å². The number of halogens is 1. The number of nitrogens with one attached hydrogen (secondary N) is 1. The lowest BCUT2D eigenvalue weighted by Crippen LogP contribution is -2.32. The van der Waals surface area contributed by atoms with E-state index in [4.69, 9.17) is 5.73 Å². The zero-order chi connectivity index (χ0) is 13.9. The minimum absolute atomic E-state index is 0.208. The molecule has 1 atom stereocenters. The Labute approximate surface area is 117 Å². The predicted octanol–water partition coefficient (Wildman–Crippen LogP) is 2.30. The van der Waals surface area contributed by atoms with Gasteiger partial charge in [-0.2, -0.15) is 11.8 Å². The molecule has 2 rings (SSSR count). The molecule has 1 aliphatic rings. The number of hydrogen-bond donors (Lipinski definition) is 2. The Balaban J connectivity index is 1.91. The van der Waals surface area contributed by atoms with Crippen LogP contribution in [-0.4, -0.2) is 23.0 Å². The molecule has 0 saturated carbocycles. The highest BCUT2D eigenvalue weighted by molar-refractivity contribution is 8.00. The van der Waals surface area contributed by atoms with Crippen LogP contribution >= 0.6 is 11.8 Å². The van der Waals surface area contributed by atoms with E-state index in [1.165, 1.54) is 24.7 Å². The SMILES string of the molecule is CC1(CNCc2ccc(C(N)=O)cc2F)CCCS1. The number of nitrogens with two attached hydrogens (primary N) is 1. The van der Waals surface area contributed by atoms with E-state index in [1.807, 2.05) is 11.8 Å². The average Bonchev–Trinajstić information content (AvgIpc) is 2.78. The summed E-state index contributed by atoms with van der Waals surface area (Å²) in [7, 11) is 0. The summed E-state index contributed by atoms with van der Waals surface area (Å²) in [4.78, 5) is 10.9. The second-order valence-electron chi connectivity index (χ2n) is 5.18. The van der Waals surface area contributed by atoms with Crippen LogP contribution in [0.15, 0.2) is 18.2 Å². The molecule has 0 aliphatic carbocycles. The highest BCUT2D eigenvalue weighted by atomic mass is 32.2. The van der Waals surface area contributed by atoms with Crippen molar-refractivity contribution in [1.29, 1.82) is 0 Å². The number of benzene rings is 1. The monoisotopic (exact) mass is 282 g/mol. The topological polar surface area (TPSA) is 55.1 Å². The van der Waals surface area contributed by atoms with Crippen LogP contribution in [0, 0.1) is 5.82 Å². The third kappa shape index (κ3) is 3.70. The molecule has 1 aromatic carbocycles. The first-order chi connectivity index (χ1) is 9.00. The largest absolute Gasteiger partial charge is 0.366 e. The smallest absolute Gasteiger partial charge is 0.248 e.